The number of benzene rings is 2. The van der Waals surface area contributed by atoms with Crippen molar-refractivity contribution in [1.82, 2.24) is 0 Å². The van der Waals surface area contributed by atoms with Gasteiger partial charge in [-0.05, 0) is 77.6 Å². The van der Waals surface area contributed by atoms with Crippen molar-refractivity contribution in [2.24, 2.45) is 9.98 Å². The van der Waals surface area contributed by atoms with E-state index in [0.717, 1.165) is 61.8 Å². The van der Waals surface area contributed by atoms with Crippen LogP contribution in [0.3, 0.4) is 0 Å². The van der Waals surface area contributed by atoms with E-state index in [1.807, 2.05) is 38.1 Å². The molecular weight excluding hydrogens is 495 g/mol. The van der Waals surface area contributed by atoms with Crippen LogP contribution in [0.15, 0.2) is 46.4 Å². The molecule has 0 saturated heterocycles. The molecule has 1 fully saturated rings. The fourth-order valence-electron chi connectivity index (χ4n) is 3.34. The first-order chi connectivity index (χ1) is 16.0. The molecule has 0 bridgehead atoms. The molecule has 1 aliphatic carbocycles. The Hall–Kier alpha value is -3.17. The summed E-state index contributed by atoms with van der Waals surface area (Å²) >= 11 is 0. The van der Waals surface area contributed by atoms with E-state index in [1.54, 1.807) is 24.6 Å². The maximum Gasteiger partial charge on any atom is 2.00 e. The van der Waals surface area contributed by atoms with Crippen molar-refractivity contribution in [3.05, 3.63) is 58.7 Å². The van der Waals surface area contributed by atoms with E-state index in [4.69, 9.17) is 19.8 Å². The number of aliphatic imine (C=N–C) groups is 2. The fourth-order valence-corrected chi connectivity index (χ4v) is 3.34. The number of aliphatic carboxylic acids is 2. The van der Waals surface area contributed by atoms with Crippen molar-refractivity contribution in [3.8, 4) is 11.5 Å². The van der Waals surface area contributed by atoms with Gasteiger partial charge in [0.2, 0.25) is 0 Å². The molecule has 0 aliphatic heterocycles. The molecule has 1 saturated carbocycles. The number of phenolic OH excluding ortho intramolecular Hbond substituents is 2. The van der Waals surface area contributed by atoms with Gasteiger partial charge in [0.25, 0.3) is 0 Å². The van der Waals surface area contributed by atoms with Crippen molar-refractivity contribution < 1.29 is 46.8 Å². The number of hydrogen-bond acceptors (Lipinski definition) is 8. The predicted molar refractivity (Wildman–Crippen MR) is 128 cm³/mol. The second kappa shape index (κ2) is 16.5. The molecule has 2 aromatic rings. The molecule has 2 aromatic carbocycles. The second-order valence-corrected chi connectivity index (χ2v) is 8.14. The molecule has 2 N–H and O–H groups in total. The number of hydrogen-bond donors (Lipinski definition) is 2. The molecule has 8 nitrogen and oxygen atoms in total. The summed E-state index contributed by atoms with van der Waals surface area (Å²) in [6.45, 7) is 5.95. The third-order valence-electron chi connectivity index (χ3n) is 4.83. The molecule has 35 heavy (non-hydrogen) atoms. The molecule has 191 valence electrons. The SMILES string of the molecule is CC(=O)[O-].CC(=O)[O-].Cc1ccc(O)c(C=NC2CCCC(N=Cc3cc(C)ccc3O)C2)c1.[Co+2]. The smallest absolute Gasteiger partial charge is 0.550 e. The van der Waals surface area contributed by atoms with E-state index in [-0.39, 0.29) is 40.4 Å². The van der Waals surface area contributed by atoms with Gasteiger partial charge in [-0.3, -0.25) is 9.98 Å². The number of rotatable bonds is 4. The average molecular weight is 527 g/mol. The van der Waals surface area contributed by atoms with Crippen molar-refractivity contribution in [2.45, 2.75) is 65.5 Å². The Kier molecular flexibility index (Phi) is 15.0. The number of aryl methyl sites for hydroxylation is 2. The van der Waals surface area contributed by atoms with Gasteiger partial charge >= 0.3 is 16.8 Å². The molecule has 1 aliphatic rings. The monoisotopic (exact) mass is 527 g/mol. The van der Waals surface area contributed by atoms with Crippen LogP contribution in [0.4, 0.5) is 0 Å². The molecule has 3 rings (SSSR count). The molecule has 0 amide bonds. The van der Waals surface area contributed by atoms with Crippen LogP contribution in [0.5, 0.6) is 11.5 Å². The summed E-state index contributed by atoms with van der Waals surface area (Å²) in [4.78, 5) is 27.1. The minimum atomic E-state index is -1.08. The zero-order valence-electron chi connectivity index (χ0n) is 20.4. The maximum absolute atomic E-state index is 9.94. The zero-order chi connectivity index (χ0) is 25.7. The number of carbonyl (C=O) groups excluding carboxylic acids is 2. The Balaban J connectivity index is 0.00000112. The van der Waals surface area contributed by atoms with Crippen molar-refractivity contribution in [2.75, 3.05) is 0 Å². The Morgan fingerprint density at radius 1 is 0.829 bits per heavy atom. The summed E-state index contributed by atoms with van der Waals surface area (Å²) in [5, 5.41) is 37.7. The number of phenols is 2. The molecule has 0 aromatic heterocycles. The van der Waals surface area contributed by atoms with Crippen LogP contribution >= 0.6 is 0 Å². The van der Waals surface area contributed by atoms with Crippen molar-refractivity contribution >= 4 is 24.4 Å². The van der Waals surface area contributed by atoms with Gasteiger partial charge in [0, 0.05) is 35.5 Å². The van der Waals surface area contributed by atoms with Crippen LogP contribution in [-0.2, 0) is 26.4 Å². The van der Waals surface area contributed by atoms with E-state index in [2.05, 4.69) is 9.98 Å². The van der Waals surface area contributed by atoms with Gasteiger partial charge in [0.15, 0.2) is 0 Å². The van der Waals surface area contributed by atoms with E-state index in [9.17, 15) is 10.2 Å². The zero-order valence-corrected chi connectivity index (χ0v) is 21.4. The van der Waals surface area contributed by atoms with E-state index >= 15 is 0 Å². The normalized spacial score (nSPS) is 16.9. The minimum Gasteiger partial charge on any atom is -0.550 e. The third kappa shape index (κ3) is 14.0. The number of nitrogens with zero attached hydrogens (tertiary/aromatic N) is 2. The summed E-state index contributed by atoms with van der Waals surface area (Å²) in [5.74, 6) is -1.64. The predicted octanol–water partition coefficient (Wildman–Crippen LogP) is 2.07. The van der Waals surface area contributed by atoms with Crippen LogP contribution in [0, 0.1) is 13.8 Å². The average Bonchev–Trinajstić information content (AvgIpc) is 2.74. The van der Waals surface area contributed by atoms with E-state index in [1.165, 1.54) is 0 Å². The largest absolute Gasteiger partial charge is 2.00 e. The summed E-state index contributed by atoms with van der Waals surface area (Å²) in [5.41, 5.74) is 3.74. The van der Waals surface area contributed by atoms with Gasteiger partial charge in [0.1, 0.15) is 11.5 Å². The quantitative estimate of drug-likeness (QED) is 0.583. The van der Waals surface area contributed by atoms with Gasteiger partial charge < -0.3 is 30.0 Å². The summed E-state index contributed by atoms with van der Waals surface area (Å²) in [6, 6.07) is 11.5. The van der Waals surface area contributed by atoms with Crippen molar-refractivity contribution in [1.29, 1.82) is 0 Å². The Morgan fingerprint density at radius 2 is 1.17 bits per heavy atom. The standard InChI is InChI=1S/C22H26N2O2.2C2H4O2.Co/c1-15-6-8-21(25)17(10-15)13-23-19-4-3-5-20(12-19)24-14-18-11-16(2)7-9-22(18)26;2*1-2(3)4;/h6-11,13-14,19-20,25-26H,3-5,12H2,1-2H3;2*1H3,(H,3,4);/q;;;+2/p-2. The second-order valence-electron chi connectivity index (χ2n) is 8.14. The van der Waals surface area contributed by atoms with Crippen LogP contribution in [0.1, 0.15) is 61.8 Å². The first kappa shape index (κ1) is 31.8. The van der Waals surface area contributed by atoms with E-state index < -0.39 is 11.9 Å². The number of carboxylic acids is 2. The van der Waals surface area contributed by atoms with Gasteiger partial charge in [-0.2, -0.15) is 0 Å². The molecular formula is C26H32CoN2O6. The van der Waals surface area contributed by atoms with Gasteiger partial charge in [-0.25, -0.2) is 0 Å². The minimum absolute atomic E-state index is 0. The van der Waals surface area contributed by atoms with Crippen LogP contribution < -0.4 is 10.2 Å². The molecule has 2 unspecified atom stereocenters. The van der Waals surface area contributed by atoms with E-state index in [0.29, 0.717) is 0 Å². The maximum atomic E-state index is 9.94. The summed E-state index contributed by atoms with van der Waals surface area (Å²) in [7, 11) is 0. The molecule has 1 radical (unpaired) electrons. The molecule has 9 heteroatoms. The topological polar surface area (TPSA) is 145 Å². The Bertz CT molecular complexity index is 935. The fraction of sp³-hybridized carbons (Fsp3) is 0.385. The number of carbonyl (C=O) groups is 2. The van der Waals surface area contributed by atoms with Gasteiger partial charge in [0.05, 0.1) is 12.1 Å². The first-order valence-electron chi connectivity index (χ1n) is 11.0. The van der Waals surface area contributed by atoms with Crippen LogP contribution in [0.25, 0.3) is 0 Å². The summed E-state index contributed by atoms with van der Waals surface area (Å²) < 4.78 is 0. The number of aromatic hydroxyl groups is 2. The molecule has 0 heterocycles. The Labute approximate surface area is 216 Å². The Morgan fingerprint density at radius 3 is 1.51 bits per heavy atom. The third-order valence-corrected chi connectivity index (χ3v) is 4.83. The van der Waals surface area contributed by atoms with Crippen molar-refractivity contribution in [3.63, 3.8) is 0 Å². The van der Waals surface area contributed by atoms with Crippen LogP contribution in [-0.4, -0.2) is 46.7 Å². The first-order valence-corrected chi connectivity index (χ1v) is 11.0. The summed E-state index contributed by atoms with van der Waals surface area (Å²) in [6.07, 6.45) is 7.64. The molecule has 0 spiro atoms. The molecule has 2 atom stereocenters. The number of carboxylic acid groups (broad SMARTS) is 2. The van der Waals surface area contributed by atoms with Gasteiger partial charge in [-0.1, -0.05) is 23.3 Å². The van der Waals surface area contributed by atoms with Gasteiger partial charge in [-0.15, -0.1) is 0 Å². The van der Waals surface area contributed by atoms with Crippen LogP contribution in [0.2, 0.25) is 0 Å².